The van der Waals surface area contributed by atoms with Gasteiger partial charge < -0.3 is 9.73 Å². The second-order valence-corrected chi connectivity index (χ2v) is 7.59. The predicted octanol–water partition coefficient (Wildman–Crippen LogP) is 6.40. The van der Waals surface area contributed by atoms with E-state index in [1.165, 1.54) is 6.08 Å². The van der Waals surface area contributed by atoms with E-state index in [-0.39, 0.29) is 11.0 Å². The maximum atomic E-state index is 12.1. The van der Waals surface area contributed by atoms with Crippen molar-refractivity contribution in [1.82, 2.24) is 5.32 Å². The van der Waals surface area contributed by atoms with Crippen LogP contribution < -0.4 is 10.6 Å². The lowest BCUT2D eigenvalue weighted by molar-refractivity contribution is -0.115. The number of halogens is 2. The first kappa shape index (κ1) is 21.1. The van der Waals surface area contributed by atoms with Crippen molar-refractivity contribution in [2.75, 3.05) is 5.32 Å². The molecule has 7 heteroatoms. The molecule has 2 aromatic carbocycles. The smallest absolute Gasteiger partial charge is 0.250 e. The number of benzene rings is 2. The summed E-state index contributed by atoms with van der Waals surface area (Å²) >= 11 is 17.5. The second kappa shape index (κ2) is 9.27. The van der Waals surface area contributed by atoms with Gasteiger partial charge in [0.25, 0.3) is 0 Å². The van der Waals surface area contributed by atoms with Crippen molar-refractivity contribution in [3.05, 3.63) is 81.5 Å². The molecule has 0 fully saturated rings. The summed E-state index contributed by atoms with van der Waals surface area (Å²) in [5.74, 6) is 0.690. The van der Waals surface area contributed by atoms with Crippen LogP contribution in [-0.2, 0) is 4.79 Å². The zero-order chi connectivity index (χ0) is 21.0. The number of hydrogen-bond donors (Lipinski definition) is 2. The number of aryl methyl sites for hydroxylation is 2. The number of carbonyl (C=O) groups is 1. The minimum Gasteiger partial charge on any atom is -0.457 e. The van der Waals surface area contributed by atoms with Crippen LogP contribution in [0, 0.1) is 13.8 Å². The number of rotatable bonds is 4. The van der Waals surface area contributed by atoms with Crippen LogP contribution in [0.15, 0.2) is 59.0 Å². The summed E-state index contributed by atoms with van der Waals surface area (Å²) in [7, 11) is 0. The third-order valence-corrected chi connectivity index (χ3v) is 5.13. The lowest BCUT2D eigenvalue weighted by atomic mass is 10.1. The Morgan fingerprint density at radius 2 is 1.90 bits per heavy atom. The van der Waals surface area contributed by atoms with Crippen molar-refractivity contribution >= 4 is 58.2 Å². The van der Waals surface area contributed by atoms with Gasteiger partial charge in [-0.2, -0.15) is 0 Å². The Bertz CT molecular complexity index is 1110. The summed E-state index contributed by atoms with van der Waals surface area (Å²) in [6.45, 7) is 3.99. The molecule has 3 rings (SSSR count). The van der Waals surface area contributed by atoms with Gasteiger partial charge in [-0.05, 0) is 68.0 Å². The topological polar surface area (TPSA) is 54.3 Å². The molecule has 0 saturated carbocycles. The van der Waals surface area contributed by atoms with Crippen LogP contribution in [0.3, 0.4) is 0 Å². The molecule has 0 spiro atoms. The average Bonchev–Trinajstić information content (AvgIpc) is 3.13. The highest BCUT2D eigenvalue weighted by atomic mass is 35.5. The van der Waals surface area contributed by atoms with Gasteiger partial charge in [-0.25, -0.2) is 0 Å². The van der Waals surface area contributed by atoms with Gasteiger partial charge in [0.05, 0.1) is 10.0 Å². The summed E-state index contributed by atoms with van der Waals surface area (Å²) < 4.78 is 5.73. The van der Waals surface area contributed by atoms with Crippen molar-refractivity contribution < 1.29 is 9.21 Å². The summed E-state index contributed by atoms with van der Waals surface area (Å²) in [6.07, 6.45) is 2.90. The number of furan rings is 1. The normalized spacial score (nSPS) is 10.9. The Morgan fingerprint density at radius 1 is 1.10 bits per heavy atom. The molecule has 1 amide bonds. The minimum absolute atomic E-state index is 0.220. The summed E-state index contributed by atoms with van der Waals surface area (Å²) in [5.41, 5.74) is 3.73. The van der Waals surface area contributed by atoms with E-state index in [1.54, 1.807) is 30.3 Å². The fourth-order valence-corrected chi connectivity index (χ4v) is 3.30. The van der Waals surface area contributed by atoms with E-state index in [2.05, 4.69) is 10.6 Å². The SMILES string of the molecule is Cc1ccc(NC(=S)NC(=O)/C=C/c2ccc(-c3cccc(Cl)c3Cl)o2)c(C)c1. The van der Waals surface area contributed by atoms with Crippen LogP contribution in [-0.4, -0.2) is 11.0 Å². The molecule has 3 aromatic rings. The molecule has 148 valence electrons. The highest BCUT2D eigenvalue weighted by molar-refractivity contribution is 7.80. The highest BCUT2D eigenvalue weighted by Gasteiger charge is 2.10. The third kappa shape index (κ3) is 5.48. The number of amides is 1. The van der Waals surface area contributed by atoms with Gasteiger partial charge in [0.1, 0.15) is 11.5 Å². The van der Waals surface area contributed by atoms with Crippen LogP contribution >= 0.6 is 35.4 Å². The van der Waals surface area contributed by atoms with Gasteiger partial charge in [-0.3, -0.25) is 10.1 Å². The second-order valence-electron chi connectivity index (χ2n) is 6.40. The molecule has 0 bridgehead atoms. The molecule has 1 heterocycles. The third-order valence-electron chi connectivity index (χ3n) is 4.11. The zero-order valence-corrected chi connectivity index (χ0v) is 18.1. The van der Waals surface area contributed by atoms with Gasteiger partial charge in [-0.15, -0.1) is 0 Å². The highest BCUT2D eigenvalue weighted by Crippen LogP contribution is 2.34. The number of anilines is 1. The number of hydrogen-bond acceptors (Lipinski definition) is 3. The fraction of sp³-hybridized carbons (Fsp3) is 0.0909. The van der Waals surface area contributed by atoms with Gasteiger partial charge in [0, 0.05) is 17.3 Å². The van der Waals surface area contributed by atoms with Gasteiger partial charge >= 0.3 is 0 Å². The van der Waals surface area contributed by atoms with E-state index in [4.69, 9.17) is 39.8 Å². The molecule has 0 aliphatic carbocycles. The van der Waals surface area contributed by atoms with E-state index in [1.807, 2.05) is 38.1 Å². The molecule has 29 heavy (non-hydrogen) atoms. The van der Waals surface area contributed by atoms with E-state index in [0.717, 1.165) is 16.8 Å². The van der Waals surface area contributed by atoms with Crippen LogP contribution in [0.5, 0.6) is 0 Å². The molecule has 0 aliphatic rings. The van der Waals surface area contributed by atoms with Crippen LogP contribution in [0.2, 0.25) is 10.0 Å². The van der Waals surface area contributed by atoms with Gasteiger partial charge in [-0.1, -0.05) is 47.0 Å². The first-order chi connectivity index (χ1) is 13.8. The Hall–Kier alpha value is -2.60. The molecule has 1 aromatic heterocycles. The molecule has 0 aliphatic heterocycles. The lowest BCUT2D eigenvalue weighted by Gasteiger charge is -2.11. The Balaban J connectivity index is 1.61. The van der Waals surface area contributed by atoms with Crippen molar-refractivity contribution in [3.8, 4) is 11.3 Å². The maximum Gasteiger partial charge on any atom is 0.250 e. The quantitative estimate of drug-likeness (QED) is 0.361. The standard InChI is InChI=1S/C22H18Cl2N2O2S/c1-13-6-9-18(14(2)12-13)25-22(29)26-20(27)11-8-15-7-10-19(28-15)16-4-3-5-17(23)21(16)24/h3-12H,1-2H3,(H2,25,26,27,29)/b11-8+. The summed E-state index contributed by atoms with van der Waals surface area (Å²) in [6, 6.07) is 14.7. The largest absolute Gasteiger partial charge is 0.457 e. The predicted molar refractivity (Wildman–Crippen MR) is 123 cm³/mol. The first-order valence-corrected chi connectivity index (χ1v) is 9.91. The molecule has 0 unspecified atom stereocenters. The molecule has 2 N–H and O–H groups in total. The zero-order valence-electron chi connectivity index (χ0n) is 15.8. The van der Waals surface area contributed by atoms with Crippen molar-refractivity contribution in [1.29, 1.82) is 0 Å². The number of carbonyl (C=O) groups excluding carboxylic acids is 1. The van der Waals surface area contributed by atoms with Gasteiger partial charge in [0.2, 0.25) is 5.91 Å². The van der Waals surface area contributed by atoms with Gasteiger partial charge in [0.15, 0.2) is 5.11 Å². The van der Waals surface area contributed by atoms with E-state index in [9.17, 15) is 4.79 Å². The van der Waals surface area contributed by atoms with E-state index in [0.29, 0.717) is 27.1 Å². The summed E-state index contributed by atoms with van der Waals surface area (Å²) in [4.78, 5) is 12.1. The minimum atomic E-state index is -0.369. The molecule has 0 atom stereocenters. The Labute approximate surface area is 184 Å². The van der Waals surface area contributed by atoms with Crippen LogP contribution in [0.25, 0.3) is 17.4 Å². The lowest BCUT2D eigenvalue weighted by Crippen LogP contribution is -2.33. The molecule has 0 saturated heterocycles. The van der Waals surface area contributed by atoms with Crippen molar-refractivity contribution in [3.63, 3.8) is 0 Å². The monoisotopic (exact) mass is 444 g/mol. The Kier molecular flexibility index (Phi) is 6.75. The number of nitrogens with one attached hydrogen (secondary N) is 2. The average molecular weight is 445 g/mol. The molecule has 0 radical (unpaired) electrons. The first-order valence-electron chi connectivity index (χ1n) is 8.75. The van der Waals surface area contributed by atoms with E-state index >= 15 is 0 Å². The Morgan fingerprint density at radius 3 is 2.66 bits per heavy atom. The van der Waals surface area contributed by atoms with Crippen molar-refractivity contribution in [2.45, 2.75) is 13.8 Å². The maximum absolute atomic E-state index is 12.1. The summed E-state index contributed by atoms with van der Waals surface area (Å²) in [5, 5.41) is 6.71. The number of thiocarbonyl (C=S) groups is 1. The van der Waals surface area contributed by atoms with Crippen LogP contribution in [0.4, 0.5) is 5.69 Å². The molecule has 4 nitrogen and oxygen atoms in total. The fourth-order valence-electron chi connectivity index (χ4n) is 2.70. The van der Waals surface area contributed by atoms with Crippen molar-refractivity contribution in [2.24, 2.45) is 0 Å². The van der Waals surface area contributed by atoms with Crippen LogP contribution in [0.1, 0.15) is 16.9 Å². The van der Waals surface area contributed by atoms with E-state index < -0.39 is 0 Å². The molecular weight excluding hydrogens is 427 g/mol. The molecular formula is C22H18Cl2N2O2S.